The number of nitrogens with two attached hydrogens (primary N) is 1. The lowest BCUT2D eigenvalue weighted by molar-refractivity contribution is -0.119. The van der Waals surface area contributed by atoms with Gasteiger partial charge < -0.3 is 21.1 Å². The van der Waals surface area contributed by atoms with Gasteiger partial charge in [0, 0.05) is 31.3 Å². The number of rotatable bonds is 5. The van der Waals surface area contributed by atoms with Gasteiger partial charge in [0.2, 0.25) is 5.91 Å². The molecule has 2 atom stereocenters. The van der Waals surface area contributed by atoms with E-state index in [0.29, 0.717) is 23.6 Å². The monoisotopic (exact) mass is 368 g/mol. The molecule has 2 aromatic rings. The Bertz CT molecular complexity index is 853. The summed E-state index contributed by atoms with van der Waals surface area (Å²) in [5.41, 5.74) is 7.75. The van der Waals surface area contributed by atoms with E-state index in [1.807, 2.05) is 25.1 Å². The average Bonchev–Trinajstić information content (AvgIpc) is 3.10. The highest BCUT2D eigenvalue weighted by molar-refractivity contribution is 5.94. The van der Waals surface area contributed by atoms with Gasteiger partial charge in [0.15, 0.2) is 5.75 Å². The minimum absolute atomic E-state index is 0.0440. The van der Waals surface area contributed by atoms with Crippen LogP contribution in [-0.2, 0) is 4.79 Å². The minimum atomic E-state index is -0.296. The van der Waals surface area contributed by atoms with Gasteiger partial charge in [-0.25, -0.2) is 0 Å². The first-order chi connectivity index (χ1) is 13.0. The SMILES string of the molecule is CNC(=O)c1cc(Oc2cc(C)ccc2NC(=O)C2CCC(N)C2)ccn1. The number of amides is 2. The fourth-order valence-electron chi connectivity index (χ4n) is 3.16. The second-order valence-corrected chi connectivity index (χ2v) is 6.82. The maximum absolute atomic E-state index is 12.5. The van der Waals surface area contributed by atoms with E-state index in [0.717, 1.165) is 18.4 Å². The molecule has 1 aromatic carbocycles. The summed E-state index contributed by atoms with van der Waals surface area (Å²) in [4.78, 5) is 28.3. The van der Waals surface area contributed by atoms with E-state index in [9.17, 15) is 9.59 Å². The molecule has 7 heteroatoms. The van der Waals surface area contributed by atoms with Crippen LogP contribution in [0.1, 0.15) is 35.3 Å². The molecule has 0 bridgehead atoms. The van der Waals surface area contributed by atoms with Gasteiger partial charge in [-0.2, -0.15) is 0 Å². The molecule has 2 unspecified atom stereocenters. The first-order valence-corrected chi connectivity index (χ1v) is 8.99. The molecule has 1 aliphatic rings. The van der Waals surface area contributed by atoms with E-state index < -0.39 is 0 Å². The van der Waals surface area contributed by atoms with Gasteiger partial charge in [-0.15, -0.1) is 0 Å². The number of pyridine rings is 1. The van der Waals surface area contributed by atoms with Crippen LogP contribution >= 0.6 is 0 Å². The number of anilines is 1. The Labute approximate surface area is 158 Å². The van der Waals surface area contributed by atoms with Crippen molar-refractivity contribution >= 4 is 17.5 Å². The van der Waals surface area contributed by atoms with E-state index in [1.165, 1.54) is 6.20 Å². The highest BCUT2D eigenvalue weighted by atomic mass is 16.5. The summed E-state index contributed by atoms with van der Waals surface area (Å²) >= 11 is 0. The molecule has 1 aliphatic carbocycles. The molecule has 1 fully saturated rings. The van der Waals surface area contributed by atoms with Crippen LogP contribution in [-0.4, -0.2) is 29.9 Å². The number of aromatic nitrogens is 1. The van der Waals surface area contributed by atoms with Crippen molar-refractivity contribution in [2.24, 2.45) is 11.7 Å². The maximum atomic E-state index is 12.5. The third kappa shape index (κ3) is 4.62. The van der Waals surface area contributed by atoms with Crippen molar-refractivity contribution in [1.29, 1.82) is 0 Å². The van der Waals surface area contributed by atoms with E-state index in [4.69, 9.17) is 10.5 Å². The molecule has 3 rings (SSSR count). The number of hydrogen-bond acceptors (Lipinski definition) is 5. The molecule has 4 N–H and O–H groups in total. The number of ether oxygens (including phenoxy) is 1. The predicted octanol–water partition coefficient (Wildman–Crippen LogP) is 2.61. The summed E-state index contributed by atoms with van der Waals surface area (Å²) in [5.74, 6) is 0.565. The second-order valence-electron chi connectivity index (χ2n) is 6.82. The number of nitrogens with zero attached hydrogens (tertiary/aromatic N) is 1. The standard InChI is InChI=1S/C20H24N4O3/c1-12-3-6-16(24-19(25)13-4-5-14(21)10-13)18(9-12)27-15-7-8-23-17(11-15)20(26)22-2/h3,6-9,11,13-14H,4-5,10,21H2,1-2H3,(H,22,26)(H,24,25). The number of hydrogen-bond donors (Lipinski definition) is 3. The zero-order chi connectivity index (χ0) is 19.4. The Morgan fingerprint density at radius 1 is 1.22 bits per heavy atom. The lowest BCUT2D eigenvalue weighted by atomic mass is 10.1. The van der Waals surface area contributed by atoms with Gasteiger partial charge >= 0.3 is 0 Å². The molecular weight excluding hydrogens is 344 g/mol. The molecular formula is C20H24N4O3. The van der Waals surface area contributed by atoms with Crippen molar-refractivity contribution in [3.63, 3.8) is 0 Å². The molecule has 2 amide bonds. The Hall–Kier alpha value is -2.93. The van der Waals surface area contributed by atoms with Crippen molar-refractivity contribution in [2.45, 2.75) is 32.2 Å². The second kappa shape index (κ2) is 8.18. The smallest absolute Gasteiger partial charge is 0.269 e. The average molecular weight is 368 g/mol. The van der Waals surface area contributed by atoms with Crippen molar-refractivity contribution in [3.05, 3.63) is 47.8 Å². The van der Waals surface area contributed by atoms with Gasteiger partial charge in [0.1, 0.15) is 11.4 Å². The molecule has 1 aromatic heterocycles. The summed E-state index contributed by atoms with van der Waals surface area (Å²) in [6, 6.07) is 8.88. The number of carbonyl (C=O) groups is 2. The summed E-state index contributed by atoms with van der Waals surface area (Å²) in [7, 11) is 1.54. The number of benzene rings is 1. The van der Waals surface area contributed by atoms with Gasteiger partial charge in [-0.3, -0.25) is 14.6 Å². The van der Waals surface area contributed by atoms with E-state index in [-0.39, 0.29) is 29.5 Å². The molecule has 1 saturated carbocycles. The Morgan fingerprint density at radius 2 is 2.04 bits per heavy atom. The van der Waals surface area contributed by atoms with Gasteiger partial charge in [-0.05, 0) is 49.9 Å². The van der Waals surface area contributed by atoms with Crippen LogP contribution in [0.3, 0.4) is 0 Å². The normalized spacial score (nSPS) is 18.8. The molecule has 27 heavy (non-hydrogen) atoms. The first-order valence-electron chi connectivity index (χ1n) is 8.99. The maximum Gasteiger partial charge on any atom is 0.269 e. The minimum Gasteiger partial charge on any atom is -0.455 e. The molecule has 0 aliphatic heterocycles. The van der Waals surface area contributed by atoms with E-state index in [1.54, 1.807) is 19.2 Å². The molecule has 7 nitrogen and oxygen atoms in total. The lowest BCUT2D eigenvalue weighted by Gasteiger charge is -2.15. The van der Waals surface area contributed by atoms with Crippen LogP contribution in [0, 0.1) is 12.8 Å². The van der Waals surface area contributed by atoms with Crippen LogP contribution in [0.15, 0.2) is 36.5 Å². The lowest BCUT2D eigenvalue weighted by Crippen LogP contribution is -2.23. The topological polar surface area (TPSA) is 106 Å². The van der Waals surface area contributed by atoms with Gasteiger partial charge in [-0.1, -0.05) is 6.07 Å². The van der Waals surface area contributed by atoms with Crippen LogP contribution in [0.4, 0.5) is 5.69 Å². The molecule has 0 saturated heterocycles. The van der Waals surface area contributed by atoms with Crippen LogP contribution in [0.25, 0.3) is 0 Å². The number of nitrogens with one attached hydrogen (secondary N) is 2. The largest absolute Gasteiger partial charge is 0.455 e. The summed E-state index contributed by atoms with van der Waals surface area (Å²) in [6.45, 7) is 1.94. The zero-order valence-electron chi connectivity index (χ0n) is 15.5. The van der Waals surface area contributed by atoms with Crippen molar-refractivity contribution in [3.8, 4) is 11.5 Å². The van der Waals surface area contributed by atoms with Crippen molar-refractivity contribution < 1.29 is 14.3 Å². The van der Waals surface area contributed by atoms with E-state index in [2.05, 4.69) is 15.6 Å². The summed E-state index contributed by atoms with van der Waals surface area (Å²) in [6.07, 6.45) is 3.88. The molecule has 0 radical (unpaired) electrons. The van der Waals surface area contributed by atoms with Gasteiger partial charge in [0.25, 0.3) is 5.91 Å². The van der Waals surface area contributed by atoms with Crippen molar-refractivity contribution in [1.82, 2.24) is 10.3 Å². The Balaban J connectivity index is 1.80. The Morgan fingerprint density at radius 3 is 2.74 bits per heavy atom. The first kappa shape index (κ1) is 18.8. The summed E-state index contributed by atoms with van der Waals surface area (Å²) < 4.78 is 5.95. The zero-order valence-corrected chi connectivity index (χ0v) is 15.5. The predicted molar refractivity (Wildman–Crippen MR) is 103 cm³/mol. The quantitative estimate of drug-likeness (QED) is 0.752. The fourth-order valence-corrected chi connectivity index (χ4v) is 3.16. The third-order valence-electron chi connectivity index (χ3n) is 4.66. The third-order valence-corrected chi connectivity index (χ3v) is 4.66. The van der Waals surface area contributed by atoms with Gasteiger partial charge in [0.05, 0.1) is 5.69 Å². The van der Waals surface area contributed by atoms with Crippen LogP contribution < -0.4 is 21.1 Å². The molecule has 0 spiro atoms. The van der Waals surface area contributed by atoms with E-state index >= 15 is 0 Å². The summed E-state index contributed by atoms with van der Waals surface area (Å²) in [5, 5.41) is 5.48. The number of aryl methyl sites for hydroxylation is 1. The molecule has 1 heterocycles. The number of carbonyl (C=O) groups excluding carboxylic acids is 2. The van der Waals surface area contributed by atoms with Crippen molar-refractivity contribution in [2.75, 3.05) is 12.4 Å². The molecule has 142 valence electrons. The fraction of sp³-hybridized carbons (Fsp3) is 0.350. The highest BCUT2D eigenvalue weighted by Crippen LogP contribution is 2.32. The van der Waals surface area contributed by atoms with Crippen LogP contribution in [0.2, 0.25) is 0 Å². The highest BCUT2D eigenvalue weighted by Gasteiger charge is 2.28. The van der Waals surface area contributed by atoms with Crippen LogP contribution in [0.5, 0.6) is 11.5 Å². The Kier molecular flexibility index (Phi) is 5.71.